The number of hydrogen-bond acceptors (Lipinski definition) is 2. The monoisotopic (exact) mass is 358 g/mol. The van der Waals surface area contributed by atoms with Gasteiger partial charge in [0, 0.05) is 5.41 Å². The smallest absolute Gasteiger partial charge is 0.156 e. The lowest BCUT2D eigenvalue weighted by Gasteiger charge is -2.42. The van der Waals surface area contributed by atoms with Crippen molar-refractivity contribution in [1.82, 2.24) is 0 Å². The molecule has 3 heteroatoms. The topological polar surface area (TPSA) is 44.9 Å². The van der Waals surface area contributed by atoms with Gasteiger partial charge in [-0.05, 0) is 51.5 Å². The lowest BCUT2D eigenvalue weighted by Crippen LogP contribution is -3.19. The van der Waals surface area contributed by atoms with E-state index in [1.165, 1.54) is 4.90 Å². The van der Waals surface area contributed by atoms with Gasteiger partial charge >= 0.3 is 0 Å². The molecule has 0 bridgehead atoms. The first kappa shape index (κ1) is 21.0. The number of rotatable bonds is 6. The maximum absolute atomic E-state index is 11.8. The summed E-state index contributed by atoms with van der Waals surface area (Å²) in [5.41, 5.74) is -0.351. The first-order valence-electron chi connectivity index (χ1n) is 10.0. The van der Waals surface area contributed by atoms with Gasteiger partial charge in [0.05, 0.1) is 12.1 Å². The van der Waals surface area contributed by atoms with Crippen LogP contribution in [0.4, 0.5) is 0 Å². The van der Waals surface area contributed by atoms with E-state index < -0.39 is 5.60 Å². The zero-order valence-corrected chi connectivity index (χ0v) is 16.9. The van der Waals surface area contributed by atoms with Crippen molar-refractivity contribution in [2.45, 2.75) is 70.9 Å². The van der Waals surface area contributed by atoms with Crippen molar-refractivity contribution in [3.63, 3.8) is 0 Å². The maximum atomic E-state index is 11.8. The minimum Gasteiger partial charge on any atom is -0.391 e. The molecule has 3 N–H and O–H groups in total. The molecule has 0 spiro atoms. The summed E-state index contributed by atoms with van der Waals surface area (Å²) in [6, 6.07) is 9.97. The molecule has 144 valence electrons. The van der Waals surface area contributed by atoms with E-state index in [-0.39, 0.29) is 17.6 Å². The Labute approximate surface area is 159 Å². The molecular weight excluding hydrogens is 322 g/mol. The van der Waals surface area contributed by atoms with E-state index in [1.807, 2.05) is 30.3 Å². The molecule has 1 saturated carbocycles. The fraction of sp³-hybridized carbons (Fsp3) is 0.652. The van der Waals surface area contributed by atoms with E-state index in [2.05, 4.69) is 39.5 Å². The van der Waals surface area contributed by atoms with Crippen LogP contribution in [0.25, 0.3) is 0 Å². The molecule has 1 aromatic carbocycles. The van der Waals surface area contributed by atoms with Crippen LogP contribution in [0.15, 0.2) is 30.3 Å². The molecule has 3 nitrogen and oxygen atoms in total. The summed E-state index contributed by atoms with van der Waals surface area (Å²) in [6.07, 6.45) is 5.30. The molecule has 0 saturated heterocycles. The second-order valence-corrected chi connectivity index (χ2v) is 8.72. The standard InChI is InChI=1S/C23H35NO2/c1-5-22(14-9-10-15-22)23(26,20-12-7-6-8-13-20)16-11-17-24(18-19-25)21(2,3)4/h6-8,12-13,25-26H,5,9-10,14-15,17-19H2,1-4H3/p+1/t23-/m1/s1. The van der Waals surface area contributed by atoms with Crippen LogP contribution in [0.3, 0.4) is 0 Å². The minimum absolute atomic E-state index is 0.0120. The molecule has 26 heavy (non-hydrogen) atoms. The van der Waals surface area contributed by atoms with E-state index in [1.54, 1.807) is 0 Å². The van der Waals surface area contributed by atoms with Crippen LogP contribution in [0.2, 0.25) is 0 Å². The molecule has 1 aromatic rings. The first-order valence-corrected chi connectivity index (χ1v) is 10.0. The van der Waals surface area contributed by atoms with Gasteiger partial charge in [0.2, 0.25) is 0 Å². The molecule has 1 aliphatic rings. The molecule has 0 radical (unpaired) electrons. The molecular formula is C23H36NO2+. The van der Waals surface area contributed by atoms with Crippen molar-refractivity contribution in [1.29, 1.82) is 0 Å². The molecule has 1 aliphatic carbocycles. The van der Waals surface area contributed by atoms with Crippen molar-refractivity contribution >= 4 is 0 Å². The third-order valence-corrected chi connectivity index (χ3v) is 6.24. The fourth-order valence-corrected chi connectivity index (χ4v) is 4.36. The van der Waals surface area contributed by atoms with E-state index in [9.17, 15) is 10.2 Å². The highest BCUT2D eigenvalue weighted by Gasteiger charge is 2.50. The molecule has 2 rings (SSSR count). The fourth-order valence-electron chi connectivity index (χ4n) is 4.36. The zero-order valence-electron chi connectivity index (χ0n) is 16.9. The van der Waals surface area contributed by atoms with Crippen LogP contribution >= 0.6 is 0 Å². The lowest BCUT2D eigenvalue weighted by atomic mass is 9.65. The lowest BCUT2D eigenvalue weighted by molar-refractivity contribution is -0.940. The first-order chi connectivity index (χ1) is 12.3. The van der Waals surface area contributed by atoms with Gasteiger partial charge < -0.3 is 15.1 Å². The number of benzene rings is 1. The predicted octanol–water partition coefficient (Wildman–Crippen LogP) is 2.52. The number of aliphatic hydroxyl groups excluding tert-OH is 1. The summed E-state index contributed by atoms with van der Waals surface area (Å²) in [5, 5.41) is 21.2. The SMILES string of the molecule is CCC1([C@@](O)(C#CC[NH+](CCO)C(C)(C)C)c2ccccc2)CCCC1. The van der Waals surface area contributed by atoms with Crippen LogP contribution in [-0.2, 0) is 5.60 Å². The highest BCUT2D eigenvalue weighted by atomic mass is 16.3. The number of quaternary nitrogens is 1. The molecule has 0 aromatic heterocycles. The van der Waals surface area contributed by atoms with Crippen LogP contribution < -0.4 is 4.90 Å². The quantitative estimate of drug-likeness (QED) is 0.684. The highest BCUT2D eigenvalue weighted by molar-refractivity contribution is 5.36. The highest BCUT2D eigenvalue weighted by Crippen LogP contribution is 2.53. The summed E-state index contributed by atoms with van der Waals surface area (Å²) >= 11 is 0. The van der Waals surface area contributed by atoms with E-state index in [0.717, 1.165) is 37.7 Å². The summed E-state index contributed by atoms with van der Waals surface area (Å²) in [5.74, 6) is 6.61. The van der Waals surface area contributed by atoms with E-state index in [4.69, 9.17) is 0 Å². The Morgan fingerprint density at radius 2 is 1.73 bits per heavy atom. The third kappa shape index (κ3) is 4.31. The van der Waals surface area contributed by atoms with E-state index >= 15 is 0 Å². The molecule has 2 atom stereocenters. The number of hydrogen-bond donors (Lipinski definition) is 3. The van der Waals surface area contributed by atoms with Crippen LogP contribution in [-0.4, -0.2) is 35.4 Å². The van der Waals surface area contributed by atoms with Crippen molar-refractivity contribution in [2.75, 3.05) is 19.7 Å². The summed E-state index contributed by atoms with van der Waals surface area (Å²) < 4.78 is 0. The largest absolute Gasteiger partial charge is 0.391 e. The Kier molecular flexibility index (Phi) is 6.91. The zero-order chi connectivity index (χ0) is 19.3. The second-order valence-electron chi connectivity index (χ2n) is 8.72. The van der Waals surface area contributed by atoms with Gasteiger partial charge in [-0.2, -0.15) is 0 Å². The average Bonchev–Trinajstić information content (AvgIpc) is 3.11. The molecule has 1 fully saturated rings. The van der Waals surface area contributed by atoms with Crippen molar-refractivity contribution < 1.29 is 15.1 Å². The number of nitrogens with one attached hydrogen (secondary N) is 1. The molecule has 0 amide bonds. The molecule has 1 unspecified atom stereocenters. The Hall–Kier alpha value is -1.34. The van der Waals surface area contributed by atoms with Crippen LogP contribution in [0.1, 0.15) is 65.4 Å². The Morgan fingerprint density at radius 3 is 2.23 bits per heavy atom. The van der Waals surface area contributed by atoms with Gasteiger partial charge in [-0.1, -0.05) is 56.0 Å². The average molecular weight is 359 g/mol. The van der Waals surface area contributed by atoms with Crippen molar-refractivity contribution in [2.24, 2.45) is 5.41 Å². The van der Waals surface area contributed by atoms with Crippen LogP contribution in [0.5, 0.6) is 0 Å². The minimum atomic E-state index is -1.11. The van der Waals surface area contributed by atoms with Crippen LogP contribution in [0, 0.1) is 17.3 Å². The Balaban J connectivity index is 2.38. The van der Waals surface area contributed by atoms with Gasteiger partial charge in [-0.3, -0.25) is 0 Å². The van der Waals surface area contributed by atoms with Gasteiger partial charge in [0.1, 0.15) is 13.1 Å². The summed E-state index contributed by atoms with van der Waals surface area (Å²) in [6.45, 7) is 10.1. The van der Waals surface area contributed by atoms with Gasteiger partial charge in [-0.15, -0.1) is 0 Å². The Morgan fingerprint density at radius 1 is 1.12 bits per heavy atom. The molecule has 0 aliphatic heterocycles. The normalized spacial score (nSPS) is 20.1. The van der Waals surface area contributed by atoms with Gasteiger partial charge in [-0.25, -0.2) is 0 Å². The maximum Gasteiger partial charge on any atom is 0.156 e. The van der Waals surface area contributed by atoms with E-state index in [0.29, 0.717) is 13.1 Å². The Bertz CT molecular complexity index is 617. The third-order valence-electron chi connectivity index (χ3n) is 6.24. The molecule has 0 heterocycles. The second kappa shape index (κ2) is 8.57. The number of aliphatic hydroxyl groups is 2. The summed E-state index contributed by atoms with van der Waals surface area (Å²) in [7, 11) is 0. The van der Waals surface area contributed by atoms with Crippen molar-refractivity contribution in [3.8, 4) is 11.8 Å². The predicted molar refractivity (Wildman–Crippen MR) is 107 cm³/mol. The van der Waals surface area contributed by atoms with Gasteiger partial charge in [0.25, 0.3) is 0 Å². The van der Waals surface area contributed by atoms with Crippen molar-refractivity contribution in [3.05, 3.63) is 35.9 Å². The summed E-state index contributed by atoms with van der Waals surface area (Å²) in [4.78, 5) is 1.24. The van der Waals surface area contributed by atoms with Gasteiger partial charge in [0.15, 0.2) is 5.60 Å².